The van der Waals surface area contributed by atoms with Gasteiger partial charge in [0.2, 0.25) is 5.91 Å². The maximum Gasteiger partial charge on any atom is 0.227 e. The van der Waals surface area contributed by atoms with E-state index < -0.39 is 0 Å². The first kappa shape index (κ1) is 18.3. The molecule has 1 aliphatic carbocycles. The third-order valence-corrected chi connectivity index (χ3v) is 6.38. The molecule has 2 aromatic heterocycles. The molecule has 27 heavy (non-hydrogen) atoms. The molecule has 3 aromatic rings. The summed E-state index contributed by atoms with van der Waals surface area (Å²) >= 11 is 8.02. The average molecular weight is 401 g/mol. The lowest BCUT2D eigenvalue weighted by Crippen LogP contribution is -2.33. The van der Waals surface area contributed by atoms with Crippen molar-refractivity contribution in [2.45, 2.75) is 45.7 Å². The van der Waals surface area contributed by atoms with Crippen molar-refractivity contribution < 1.29 is 9.32 Å². The molecule has 6 heteroatoms. The molecule has 1 saturated carbocycles. The second kappa shape index (κ2) is 7.49. The fraction of sp³-hybridized carbons (Fsp3) is 0.333. The minimum absolute atomic E-state index is 0.139. The molecule has 0 N–H and O–H groups in total. The number of carbonyl (C=O) groups excluding carboxylic acids is 1. The second-order valence-corrected chi connectivity index (χ2v) is 8.55. The van der Waals surface area contributed by atoms with Crippen molar-refractivity contribution in [3.8, 4) is 10.4 Å². The van der Waals surface area contributed by atoms with Crippen LogP contribution in [-0.4, -0.2) is 22.0 Å². The van der Waals surface area contributed by atoms with E-state index in [0.29, 0.717) is 19.0 Å². The van der Waals surface area contributed by atoms with Crippen LogP contribution in [0.5, 0.6) is 0 Å². The van der Waals surface area contributed by atoms with Gasteiger partial charge in [0, 0.05) is 31.9 Å². The first-order chi connectivity index (χ1) is 13.0. The van der Waals surface area contributed by atoms with Crippen LogP contribution in [0.25, 0.3) is 10.4 Å². The van der Waals surface area contributed by atoms with Crippen molar-refractivity contribution in [2.75, 3.05) is 0 Å². The molecule has 0 unspecified atom stereocenters. The van der Waals surface area contributed by atoms with Gasteiger partial charge < -0.3 is 9.42 Å². The zero-order chi connectivity index (χ0) is 19.0. The van der Waals surface area contributed by atoms with E-state index >= 15 is 0 Å². The molecule has 0 bridgehead atoms. The van der Waals surface area contributed by atoms with E-state index in [9.17, 15) is 4.79 Å². The molecule has 0 spiro atoms. The van der Waals surface area contributed by atoms with E-state index in [2.05, 4.69) is 17.3 Å². The highest BCUT2D eigenvalue weighted by Gasteiger charge is 2.33. The number of rotatable bonds is 6. The van der Waals surface area contributed by atoms with Gasteiger partial charge in [-0.05, 0) is 44.9 Å². The summed E-state index contributed by atoms with van der Waals surface area (Å²) in [5.41, 5.74) is 2.75. The third-order valence-electron chi connectivity index (χ3n) is 4.94. The molecule has 0 aliphatic heterocycles. The lowest BCUT2D eigenvalue weighted by molar-refractivity contribution is -0.131. The molecule has 1 amide bonds. The second-order valence-electron chi connectivity index (χ2n) is 6.98. The summed E-state index contributed by atoms with van der Waals surface area (Å²) in [6, 6.07) is 12.4. The summed E-state index contributed by atoms with van der Waals surface area (Å²) in [7, 11) is 0. The van der Waals surface area contributed by atoms with Crippen molar-refractivity contribution in [1.29, 1.82) is 0 Å². The summed E-state index contributed by atoms with van der Waals surface area (Å²) in [4.78, 5) is 17.3. The van der Waals surface area contributed by atoms with Crippen LogP contribution in [0, 0.1) is 13.8 Å². The Kier molecular flexibility index (Phi) is 5.06. The Morgan fingerprint density at radius 1 is 1.26 bits per heavy atom. The number of carbonyl (C=O) groups is 1. The van der Waals surface area contributed by atoms with E-state index in [-0.39, 0.29) is 5.91 Å². The SMILES string of the molecule is Cc1noc(C)c1CC(=O)N(Cc1ccc(-c2ccccc2Cl)s1)C1CC1. The van der Waals surface area contributed by atoms with Crippen LogP contribution in [0.2, 0.25) is 5.02 Å². The Labute approximate surface area is 167 Å². The summed E-state index contributed by atoms with van der Waals surface area (Å²) in [6.45, 7) is 4.39. The maximum atomic E-state index is 13.0. The molecule has 1 aromatic carbocycles. The Balaban J connectivity index is 1.51. The Morgan fingerprint density at radius 3 is 2.70 bits per heavy atom. The third kappa shape index (κ3) is 3.94. The van der Waals surface area contributed by atoms with Crippen molar-refractivity contribution in [3.05, 3.63) is 63.3 Å². The first-order valence-electron chi connectivity index (χ1n) is 9.07. The van der Waals surface area contributed by atoms with E-state index in [0.717, 1.165) is 45.3 Å². The molecule has 4 rings (SSSR count). The predicted octanol–water partition coefficient (Wildman–Crippen LogP) is 5.41. The number of aromatic nitrogens is 1. The van der Waals surface area contributed by atoms with Gasteiger partial charge in [-0.25, -0.2) is 0 Å². The summed E-state index contributed by atoms with van der Waals surface area (Å²) in [5.74, 6) is 0.869. The number of nitrogens with zero attached hydrogens (tertiary/aromatic N) is 2. The zero-order valence-electron chi connectivity index (χ0n) is 15.4. The van der Waals surface area contributed by atoms with Crippen LogP contribution in [-0.2, 0) is 17.8 Å². The van der Waals surface area contributed by atoms with Crippen LogP contribution in [0.3, 0.4) is 0 Å². The largest absolute Gasteiger partial charge is 0.361 e. The lowest BCUT2D eigenvalue weighted by Gasteiger charge is -2.21. The molecule has 0 radical (unpaired) electrons. The number of aryl methyl sites for hydroxylation is 2. The van der Waals surface area contributed by atoms with Gasteiger partial charge in [0.15, 0.2) is 0 Å². The standard InChI is InChI=1S/C21H21ClN2O2S/c1-13-18(14(2)26-23-13)11-21(25)24(15-7-8-15)12-16-9-10-20(27-16)17-5-3-4-6-19(17)22/h3-6,9-10,15H,7-8,11-12H2,1-2H3. The number of benzene rings is 1. The number of amides is 1. The van der Waals surface area contributed by atoms with Crippen LogP contribution in [0.15, 0.2) is 40.9 Å². The van der Waals surface area contributed by atoms with Gasteiger partial charge >= 0.3 is 0 Å². The fourth-order valence-corrected chi connectivity index (χ4v) is 4.59. The van der Waals surface area contributed by atoms with E-state index in [1.165, 1.54) is 4.88 Å². The van der Waals surface area contributed by atoms with Crippen molar-refractivity contribution in [3.63, 3.8) is 0 Å². The predicted molar refractivity (Wildman–Crippen MR) is 108 cm³/mol. The number of hydrogen-bond acceptors (Lipinski definition) is 4. The van der Waals surface area contributed by atoms with Crippen LogP contribution in [0.1, 0.15) is 34.7 Å². The smallest absolute Gasteiger partial charge is 0.227 e. The molecule has 2 heterocycles. The summed E-state index contributed by atoms with van der Waals surface area (Å²) in [6.07, 6.45) is 2.51. The van der Waals surface area contributed by atoms with Crippen LogP contribution < -0.4 is 0 Å². The Morgan fingerprint density at radius 2 is 2.04 bits per heavy atom. The molecule has 0 atom stereocenters. The highest BCUT2D eigenvalue weighted by atomic mass is 35.5. The quantitative estimate of drug-likeness (QED) is 0.556. The molecule has 1 fully saturated rings. The molecule has 4 nitrogen and oxygen atoms in total. The van der Waals surface area contributed by atoms with Gasteiger partial charge in [-0.3, -0.25) is 4.79 Å². The highest BCUT2D eigenvalue weighted by Crippen LogP contribution is 2.35. The molecular weight excluding hydrogens is 380 g/mol. The van der Waals surface area contributed by atoms with Gasteiger partial charge in [-0.2, -0.15) is 0 Å². The summed E-state index contributed by atoms with van der Waals surface area (Å²) < 4.78 is 5.20. The number of halogens is 1. The Bertz CT molecular complexity index is 955. The van der Waals surface area contributed by atoms with E-state index in [1.54, 1.807) is 11.3 Å². The monoisotopic (exact) mass is 400 g/mol. The normalized spacial score (nSPS) is 13.7. The van der Waals surface area contributed by atoms with Crippen molar-refractivity contribution in [2.24, 2.45) is 0 Å². The highest BCUT2D eigenvalue weighted by molar-refractivity contribution is 7.15. The fourth-order valence-electron chi connectivity index (χ4n) is 3.25. The van der Waals surface area contributed by atoms with Crippen molar-refractivity contribution >= 4 is 28.8 Å². The molecular formula is C21H21ClN2O2S. The van der Waals surface area contributed by atoms with Crippen LogP contribution in [0.4, 0.5) is 0 Å². The lowest BCUT2D eigenvalue weighted by atomic mass is 10.1. The van der Waals surface area contributed by atoms with Crippen LogP contribution >= 0.6 is 22.9 Å². The number of hydrogen-bond donors (Lipinski definition) is 0. The van der Waals surface area contributed by atoms with Gasteiger partial charge in [0.1, 0.15) is 5.76 Å². The van der Waals surface area contributed by atoms with Gasteiger partial charge in [-0.15, -0.1) is 11.3 Å². The maximum absolute atomic E-state index is 13.0. The minimum atomic E-state index is 0.139. The summed E-state index contributed by atoms with van der Waals surface area (Å²) in [5, 5.41) is 4.71. The van der Waals surface area contributed by atoms with Gasteiger partial charge in [0.25, 0.3) is 0 Å². The Hall–Kier alpha value is -2.11. The zero-order valence-corrected chi connectivity index (χ0v) is 16.9. The molecule has 0 saturated heterocycles. The molecule has 140 valence electrons. The average Bonchev–Trinajstić information content (AvgIpc) is 3.32. The van der Waals surface area contributed by atoms with Gasteiger partial charge in [0.05, 0.1) is 18.7 Å². The topological polar surface area (TPSA) is 46.3 Å². The van der Waals surface area contributed by atoms with E-state index in [4.69, 9.17) is 16.1 Å². The number of thiophene rings is 1. The van der Waals surface area contributed by atoms with E-state index in [1.807, 2.05) is 43.0 Å². The van der Waals surface area contributed by atoms with Crippen molar-refractivity contribution in [1.82, 2.24) is 10.1 Å². The van der Waals surface area contributed by atoms with Gasteiger partial charge in [-0.1, -0.05) is 35.0 Å². The molecule has 1 aliphatic rings. The minimum Gasteiger partial charge on any atom is -0.361 e. The first-order valence-corrected chi connectivity index (χ1v) is 10.3.